The summed E-state index contributed by atoms with van der Waals surface area (Å²) in [5.41, 5.74) is 2.52. The quantitative estimate of drug-likeness (QED) is 0.263. The van der Waals surface area contributed by atoms with Crippen LogP contribution in [0.5, 0.6) is 0 Å². The van der Waals surface area contributed by atoms with Gasteiger partial charge in [-0.25, -0.2) is 8.42 Å². The fraction of sp³-hybridized carbons (Fsp3) is 0.133. The maximum Gasteiger partial charge on any atom is 0.264 e. The minimum absolute atomic E-state index is 0.00219. The van der Waals surface area contributed by atoms with Gasteiger partial charge in [-0.2, -0.15) is 0 Å². The molecule has 39 heavy (non-hydrogen) atoms. The van der Waals surface area contributed by atoms with Gasteiger partial charge in [0.25, 0.3) is 15.9 Å². The summed E-state index contributed by atoms with van der Waals surface area (Å²) in [5, 5.41) is 6.07. The molecular weight excluding hydrogens is 534 g/mol. The highest BCUT2D eigenvalue weighted by Gasteiger charge is 2.28. The van der Waals surface area contributed by atoms with E-state index in [9.17, 15) is 18.0 Å². The number of benzene rings is 4. The van der Waals surface area contributed by atoms with Gasteiger partial charge in [-0.1, -0.05) is 72.3 Å². The van der Waals surface area contributed by atoms with E-state index >= 15 is 0 Å². The molecule has 2 amide bonds. The van der Waals surface area contributed by atoms with E-state index in [-0.39, 0.29) is 28.1 Å². The van der Waals surface area contributed by atoms with E-state index in [4.69, 9.17) is 11.6 Å². The summed E-state index contributed by atoms with van der Waals surface area (Å²) >= 11 is 5.96. The van der Waals surface area contributed by atoms with Crippen molar-refractivity contribution >= 4 is 44.8 Å². The Morgan fingerprint density at radius 1 is 0.846 bits per heavy atom. The maximum absolute atomic E-state index is 13.7. The molecule has 9 heteroatoms. The third-order valence-electron chi connectivity index (χ3n) is 6.17. The zero-order chi connectivity index (χ0) is 28.0. The van der Waals surface area contributed by atoms with Gasteiger partial charge in [-0.3, -0.25) is 13.9 Å². The van der Waals surface area contributed by atoms with Crippen LogP contribution in [-0.4, -0.2) is 26.8 Å². The van der Waals surface area contributed by atoms with Crippen LogP contribution in [0.1, 0.15) is 34.5 Å². The Morgan fingerprint density at radius 3 is 2.15 bits per heavy atom. The molecule has 0 aromatic heterocycles. The number of sulfonamides is 1. The minimum Gasteiger partial charge on any atom is -0.345 e. The monoisotopic (exact) mass is 561 g/mol. The molecule has 4 rings (SSSR count). The first kappa shape index (κ1) is 27.9. The Labute approximate surface area is 233 Å². The van der Waals surface area contributed by atoms with Crippen molar-refractivity contribution in [3.63, 3.8) is 0 Å². The first-order chi connectivity index (χ1) is 18.7. The molecule has 0 heterocycles. The molecule has 0 spiro atoms. The summed E-state index contributed by atoms with van der Waals surface area (Å²) in [6.45, 7) is 3.13. The number of anilines is 2. The Bertz CT molecular complexity index is 1580. The third-order valence-corrected chi connectivity index (χ3v) is 8.19. The third kappa shape index (κ3) is 6.66. The van der Waals surface area contributed by atoms with Crippen LogP contribution in [0.3, 0.4) is 0 Å². The van der Waals surface area contributed by atoms with E-state index in [1.807, 2.05) is 37.3 Å². The van der Waals surface area contributed by atoms with Gasteiger partial charge in [0.05, 0.1) is 27.9 Å². The van der Waals surface area contributed by atoms with E-state index in [1.54, 1.807) is 55.5 Å². The Hall–Kier alpha value is -4.14. The van der Waals surface area contributed by atoms with Crippen molar-refractivity contribution in [1.82, 2.24) is 5.32 Å². The lowest BCUT2D eigenvalue weighted by Crippen LogP contribution is -2.39. The van der Waals surface area contributed by atoms with Crippen molar-refractivity contribution < 1.29 is 18.0 Å². The van der Waals surface area contributed by atoms with Gasteiger partial charge in [0, 0.05) is 5.02 Å². The molecule has 0 fully saturated rings. The molecule has 200 valence electrons. The fourth-order valence-corrected chi connectivity index (χ4v) is 5.70. The Balaban J connectivity index is 1.59. The number of rotatable bonds is 9. The highest BCUT2D eigenvalue weighted by Crippen LogP contribution is 2.28. The Morgan fingerprint density at radius 2 is 1.46 bits per heavy atom. The van der Waals surface area contributed by atoms with Gasteiger partial charge in [0.1, 0.15) is 6.54 Å². The van der Waals surface area contributed by atoms with Crippen molar-refractivity contribution in [1.29, 1.82) is 0 Å². The predicted molar refractivity (Wildman–Crippen MR) is 155 cm³/mol. The van der Waals surface area contributed by atoms with E-state index < -0.39 is 22.5 Å². The van der Waals surface area contributed by atoms with Crippen molar-refractivity contribution in [2.24, 2.45) is 0 Å². The fourth-order valence-electron chi connectivity index (χ4n) is 4.09. The number of nitrogens with zero attached hydrogens (tertiary/aromatic N) is 1. The molecule has 0 bridgehead atoms. The topological polar surface area (TPSA) is 95.6 Å². The highest BCUT2D eigenvalue weighted by molar-refractivity contribution is 7.92. The summed E-state index contributed by atoms with van der Waals surface area (Å²) in [6.07, 6.45) is 0. The highest BCUT2D eigenvalue weighted by atomic mass is 35.5. The molecule has 0 radical (unpaired) electrons. The summed E-state index contributed by atoms with van der Waals surface area (Å²) in [4.78, 5) is 26.4. The maximum atomic E-state index is 13.7. The van der Waals surface area contributed by atoms with Gasteiger partial charge in [0.2, 0.25) is 5.91 Å². The second kappa shape index (κ2) is 12.1. The molecule has 2 N–H and O–H groups in total. The zero-order valence-corrected chi connectivity index (χ0v) is 23.0. The largest absolute Gasteiger partial charge is 0.345 e. The van der Waals surface area contributed by atoms with Gasteiger partial charge < -0.3 is 10.6 Å². The molecule has 0 unspecified atom stereocenters. The van der Waals surface area contributed by atoms with Crippen LogP contribution < -0.4 is 14.9 Å². The average Bonchev–Trinajstić information content (AvgIpc) is 2.93. The van der Waals surface area contributed by atoms with Gasteiger partial charge in [0.15, 0.2) is 0 Å². The van der Waals surface area contributed by atoms with Crippen molar-refractivity contribution in [2.75, 3.05) is 16.2 Å². The summed E-state index contributed by atoms with van der Waals surface area (Å²) < 4.78 is 28.4. The molecule has 7 nitrogen and oxygen atoms in total. The number of amides is 2. The molecule has 4 aromatic rings. The van der Waals surface area contributed by atoms with Crippen molar-refractivity contribution in [3.8, 4) is 0 Å². The lowest BCUT2D eigenvalue weighted by Gasteiger charge is -2.26. The lowest BCUT2D eigenvalue weighted by molar-refractivity contribution is -0.114. The average molecular weight is 562 g/mol. The smallest absolute Gasteiger partial charge is 0.264 e. The molecule has 0 aliphatic heterocycles. The summed E-state index contributed by atoms with van der Waals surface area (Å²) in [5.74, 6) is -0.973. The number of nitrogens with one attached hydrogen (secondary N) is 2. The van der Waals surface area contributed by atoms with Gasteiger partial charge in [-0.15, -0.1) is 0 Å². The second-order valence-electron chi connectivity index (χ2n) is 8.95. The number of para-hydroxylation sites is 2. The first-order valence-corrected chi connectivity index (χ1v) is 14.1. The van der Waals surface area contributed by atoms with Crippen LogP contribution >= 0.6 is 11.6 Å². The number of hydrogen-bond acceptors (Lipinski definition) is 4. The molecule has 4 aromatic carbocycles. The van der Waals surface area contributed by atoms with Crippen LogP contribution in [0, 0.1) is 6.92 Å². The molecule has 0 saturated carbocycles. The number of carbonyl (C=O) groups is 2. The number of aryl methyl sites for hydroxylation is 1. The van der Waals surface area contributed by atoms with Crippen LogP contribution in [0.4, 0.5) is 11.4 Å². The lowest BCUT2D eigenvalue weighted by atomic mass is 10.1. The first-order valence-electron chi connectivity index (χ1n) is 12.3. The van der Waals surface area contributed by atoms with Crippen molar-refractivity contribution in [3.05, 3.63) is 125 Å². The summed E-state index contributed by atoms with van der Waals surface area (Å²) in [6, 6.07) is 28.5. The number of halogens is 1. The Kier molecular flexibility index (Phi) is 8.69. The number of carbonyl (C=O) groups excluding carboxylic acids is 2. The minimum atomic E-state index is -4.12. The van der Waals surface area contributed by atoms with Crippen LogP contribution in [-0.2, 0) is 14.8 Å². The second-order valence-corrected chi connectivity index (χ2v) is 11.3. The summed E-state index contributed by atoms with van der Waals surface area (Å²) in [7, 11) is -4.12. The van der Waals surface area contributed by atoms with Crippen LogP contribution in [0.2, 0.25) is 5.02 Å². The zero-order valence-electron chi connectivity index (χ0n) is 21.5. The molecule has 0 aliphatic carbocycles. The molecule has 1 atom stereocenters. The van der Waals surface area contributed by atoms with Crippen molar-refractivity contribution in [2.45, 2.75) is 24.8 Å². The normalized spacial score (nSPS) is 11.9. The van der Waals surface area contributed by atoms with E-state index in [0.29, 0.717) is 16.3 Å². The van der Waals surface area contributed by atoms with E-state index in [2.05, 4.69) is 10.6 Å². The van der Waals surface area contributed by atoms with E-state index in [1.165, 1.54) is 24.3 Å². The standard InChI is InChI=1S/C30H28ClN3O4S/c1-21-10-6-9-15-28(21)34(39(37,38)25-18-16-24(31)17-19-25)20-29(35)33-27-14-8-7-13-26(27)30(36)32-22(2)23-11-4-3-5-12-23/h3-19,22H,20H2,1-2H3,(H,32,36)(H,33,35)/t22-/m0/s1. The predicted octanol–water partition coefficient (Wildman–Crippen LogP) is 5.97. The SMILES string of the molecule is Cc1ccccc1N(CC(=O)Nc1ccccc1C(=O)N[C@@H](C)c1ccccc1)S(=O)(=O)c1ccc(Cl)cc1. The molecular formula is C30H28ClN3O4S. The van der Waals surface area contributed by atoms with Gasteiger partial charge >= 0.3 is 0 Å². The van der Waals surface area contributed by atoms with Crippen LogP contribution in [0.15, 0.2) is 108 Å². The molecule has 0 saturated heterocycles. The van der Waals surface area contributed by atoms with Crippen LogP contribution in [0.25, 0.3) is 0 Å². The number of hydrogen-bond donors (Lipinski definition) is 2. The molecule has 0 aliphatic rings. The van der Waals surface area contributed by atoms with Gasteiger partial charge in [-0.05, 0) is 67.4 Å². The van der Waals surface area contributed by atoms with E-state index in [0.717, 1.165) is 9.87 Å².